The van der Waals surface area contributed by atoms with Gasteiger partial charge in [-0.1, -0.05) is 12.1 Å². The van der Waals surface area contributed by atoms with Crippen LogP contribution >= 0.6 is 0 Å². The predicted octanol–water partition coefficient (Wildman–Crippen LogP) is -3.93. The molecule has 3 aliphatic heterocycles. The first-order valence-electron chi connectivity index (χ1n) is 37.5. The van der Waals surface area contributed by atoms with Crippen molar-refractivity contribution in [3.63, 3.8) is 0 Å². The van der Waals surface area contributed by atoms with E-state index in [-0.39, 0.29) is 131 Å². The van der Waals surface area contributed by atoms with Crippen LogP contribution in [0, 0.1) is 0 Å². The lowest BCUT2D eigenvalue weighted by Gasteiger charge is -2.44. The number of benzene rings is 1. The highest BCUT2D eigenvalue weighted by molar-refractivity contribution is 5.86. The first-order valence-corrected chi connectivity index (χ1v) is 37.5. The van der Waals surface area contributed by atoms with Gasteiger partial charge in [-0.25, -0.2) is 0 Å². The third-order valence-corrected chi connectivity index (χ3v) is 16.3. The van der Waals surface area contributed by atoms with Crippen LogP contribution in [-0.4, -0.2) is 349 Å². The molecular weight excluding hydrogens is 1570 g/mol. The summed E-state index contributed by atoms with van der Waals surface area (Å²) in [5, 5.41) is 26.2. The summed E-state index contributed by atoms with van der Waals surface area (Å²) in [6.45, 7) is 10.4. The van der Waals surface area contributed by atoms with Crippen LogP contribution in [0.3, 0.4) is 0 Å². The molecule has 3 aliphatic rings. The van der Waals surface area contributed by atoms with E-state index in [1.807, 2.05) is 0 Å². The maximum absolute atomic E-state index is 14.4. The van der Waals surface area contributed by atoms with E-state index >= 15 is 0 Å². The van der Waals surface area contributed by atoms with Crippen molar-refractivity contribution in [2.75, 3.05) is 152 Å². The Morgan fingerprint density at radius 1 is 0.350 bits per heavy atom. The zero-order chi connectivity index (χ0) is 86.5. The van der Waals surface area contributed by atoms with Crippen molar-refractivity contribution in [1.82, 2.24) is 36.8 Å². The largest absolute Gasteiger partial charge is 0.508 e. The highest BCUT2D eigenvalue weighted by Crippen LogP contribution is 2.32. The van der Waals surface area contributed by atoms with Gasteiger partial charge >= 0.3 is 53.7 Å². The summed E-state index contributed by atoms with van der Waals surface area (Å²) in [6, 6.07) is 1.09. The van der Waals surface area contributed by atoms with E-state index in [1.165, 1.54) is 37.8 Å². The Labute approximate surface area is 675 Å². The van der Waals surface area contributed by atoms with Gasteiger partial charge in [0.15, 0.2) is 55.5 Å². The van der Waals surface area contributed by atoms with Crippen molar-refractivity contribution in [3.05, 3.63) is 29.8 Å². The number of rotatable bonds is 53. The molecule has 16 unspecified atom stereocenters. The van der Waals surface area contributed by atoms with Crippen molar-refractivity contribution in [2.24, 2.45) is 0 Å². The first-order chi connectivity index (χ1) is 55.6. The minimum atomic E-state index is -1.34. The molecule has 3 saturated heterocycles. The fourth-order valence-electron chi connectivity index (χ4n) is 11.8. The molecule has 7 N–H and O–H groups in total. The van der Waals surface area contributed by atoms with Crippen molar-refractivity contribution >= 4 is 89.2 Å². The van der Waals surface area contributed by atoms with Crippen LogP contribution in [0.5, 0.6) is 5.75 Å². The second kappa shape index (κ2) is 54.5. The second-order valence-electron chi connectivity index (χ2n) is 26.2. The molecule has 4 rings (SSSR count). The van der Waals surface area contributed by atoms with Crippen molar-refractivity contribution in [1.29, 1.82) is 0 Å². The zero-order valence-electron chi connectivity index (χ0n) is 67.6. The number of nitrogens with zero attached hydrogens (tertiary/aromatic N) is 1. The molecule has 0 radical (unpaired) electrons. The van der Waals surface area contributed by atoms with Gasteiger partial charge in [-0.2, -0.15) is 0 Å². The monoisotopic (exact) mass is 1680 g/mol. The van der Waals surface area contributed by atoms with Gasteiger partial charge in [0, 0.05) is 103 Å². The fourth-order valence-corrected chi connectivity index (χ4v) is 11.8. The molecule has 0 aliphatic carbocycles. The van der Waals surface area contributed by atoms with E-state index in [0.29, 0.717) is 5.56 Å². The van der Waals surface area contributed by atoms with Crippen LogP contribution in [-0.2, 0) is 178 Å². The van der Waals surface area contributed by atoms with E-state index in [9.17, 15) is 77.0 Å². The molecule has 0 bridgehead atoms. The zero-order valence-corrected chi connectivity index (χ0v) is 67.6. The number of amides is 6. The Morgan fingerprint density at radius 3 is 0.889 bits per heavy atom. The van der Waals surface area contributed by atoms with Gasteiger partial charge in [0.1, 0.15) is 62.0 Å². The molecule has 117 heavy (non-hydrogen) atoms. The van der Waals surface area contributed by atoms with Gasteiger partial charge in [0.2, 0.25) is 35.4 Å². The van der Waals surface area contributed by atoms with Gasteiger partial charge < -0.3 is 136 Å². The third kappa shape index (κ3) is 40.0. The maximum Gasteiger partial charge on any atom is 0.303 e. The average molecular weight is 1680 g/mol. The van der Waals surface area contributed by atoms with Crippen LogP contribution in [0.25, 0.3) is 0 Å². The summed E-state index contributed by atoms with van der Waals surface area (Å²) in [4.78, 5) is 189. The van der Waals surface area contributed by atoms with E-state index < -0.39 is 220 Å². The lowest BCUT2D eigenvalue weighted by atomic mass is 9.96. The van der Waals surface area contributed by atoms with E-state index in [4.69, 9.17) is 99.5 Å². The van der Waals surface area contributed by atoms with Gasteiger partial charge in [0.05, 0.1) is 118 Å². The van der Waals surface area contributed by atoms with Gasteiger partial charge in [-0.15, -0.1) is 0 Å². The number of phenolic OH excluding ortho intramolecular Hbond substituents is 1. The molecule has 1 aromatic carbocycles. The number of aromatic hydroxyl groups is 1. The minimum absolute atomic E-state index is 0.00485. The highest BCUT2D eigenvalue weighted by Gasteiger charge is 2.54. The van der Waals surface area contributed by atoms with E-state index in [0.717, 1.165) is 62.3 Å². The number of carbonyl (C=O) groups excluding carboxylic acids is 15. The van der Waals surface area contributed by atoms with Gasteiger partial charge in [-0.05, 0) is 24.1 Å². The summed E-state index contributed by atoms with van der Waals surface area (Å²) in [5.74, 6) is -10.4. The van der Waals surface area contributed by atoms with Gasteiger partial charge in [-0.3, -0.25) is 76.8 Å². The van der Waals surface area contributed by atoms with Crippen LogP contribution in [0.1, 0.15) is 88.6 Å². The summed E-state index contributed by atoms with van der Waals surface area (Å²) in [6.07, 6.45) is -15.6. The standard InChI is InChI=1S/C73H111N7O37/c1-41(81)77-61-67(112-50(10)90)64(109-47(7)87)56(38-106-44(4)84)115-71(61)103-32-29-100-26-23-97-20-17-74-59(94)36-80(37-60(95)75-18-21-98-24-27-101-30-33-104-72-62(78-42(2)82)68(113-51(11)91)65(110-48(8)88)57(116-72)39-107-45(5)85)55(35-53-13-15-54(93)16-14-53)70(96)76-19-22-99-25-28-102-31-34-105-73-63(79-43(3)83)69(114-52(12)92)66(111-49(9)89)58(117-73)40-108-46(6)86/h13-16,55-58,61-69,71-73,93H,17-40H2,1-12H3,(H,74,94)(H,75,95)(H,76,96)(H,77,81)(H,78,82)(H,79,83). The molecule has 3 fully saturated rings. The maximum atomic E-state index is 14.4. The van der Waals surface area contributed by atoms with Crippen LogP contribution in [0.2, 0.25) is 0 Å². The smallest absolute Gasteiger partial charge is 0.303 e. The number of hydrogen-bond acceptors (Lipinski definition) is 38. The Balaban J connectivity index is 1.38. The SMILES string of the molecule is CC(=O)NC1C(OCCOCCOCCNC(=O)CN(CC(=O)NCCOCCOCCOC2OC(COC(C)=O)C(OC(C)=O)C(OC(C)=O)C2NC(C)=O)C(Cc2ccc(O)cc2)C(=O)NCCOCCOCCOC2OC(COC(C)=O)C(OC(C)=O)C(OC(C)=O)C2NC(C)=O)OC(COC(C)=O)C(OC(C)=O)C1OC(C)=O. The number of hydrogen-bond donors (Lipinski definition) is 7. The Kier molecular flexibility index (Phi) is 46.6. The predicted molar refractivity (Wildman–Crippen MR) is 391 cm³/mol. The second-order valence-corrected chi connectivity index (χ2v) is 26.2. The molecule has 44 nitrogen and oxygen atoms in total. The van der Waals surface area contributed by atoms with Crippen LogP contribution < -0.4 is 31.9 Å². The summed E-state index contributed by atoms with van der Waals surface area (Å²) in [7, 11) is 0. The lowest BCUT2D eigenvalue weighted by molar-refractivity contribution is -0.279. The molecule has 0 aromatic heterocycles. The summed E-state index contributed by atoms with van der Waals surface area (Å²) in [5.41, 5.74) is 0.533. The number of nitrogens with one attached hydrogen (secondary N) is 6. The molecule has 0 spiro atoms. The summed E-state index contributed by atoms with van der Waals surface area (Å²) < 4.78 is 118. The molecule has 44 heteroatoms. The first kappa shape index (κ1) is 99.9. The van der Waals surface area contributed by atoms with Crippen LogP contribution in [0.15, 0.2) is 24.3 Å². The molecule has 3 heterocycles. The fraction of sp³-hybridized carbons (Fsp3) is 0.712. The lowest BCUT2D eigenvalue weighted by Crippen LogP contribution is -2.66. The number of phenols is 1. The Hall–Kier alpha value is -9.45. The molecule has 1 aromatic rings. The molecule has 660 valence electrons. The molecule has 6 amide bonds. The average Bonchev–Trinajstić information content (AvgIpc) is 0.797. The van der Waals surface area contributed by atoms with Crippen molar-refractivity contribution in [3.8, 4) is 5.75 Å². The van der Waals surface area contributed by atoms with Crippen LogP contribution in [0.4, 0.5) is 0 Å². The highest BCUT2D eigenvalue weighted by atomic mass is 16.7. The van der Waals surface area contributed by atoms with E-state index in [2.05, 4.69) is 31.9 Å². The van der Waals surface area contributed by atoms with E-state index in [1.54, 1.807) is 12.1 Å². The number of esters is 9. The topological polar surface area (TPSA) is 546 Å². The Bertz CT molecular complexity index is 3230. The summed E-state index contributed by atoms with van der Waals surface area (Å²) >= 11 is 0. The molecule has 16 atom stereocenters. The van der Waals surface area contributed by atoms with Gasteiger partial charge in [0.25, 0.3) is 0 Å². The normalized spacial score (nSPS) is 23.0. The number of ether oxygens (including phenoxy) is 21. The minimum Gasteiger partial charge on any atom is -0.508 e. The Morgan fingerprint density at radius 2 is 0.615 bits per heavy atom. The quantitative estimate of drug-likeness (QED) is 0.0186. The molecular formula is C73H111N7O37. The number of carbonyl (C=O) groups is 15. The third-order valence-electron chi connectivity index (χ3n) is 16.3. The molecule has 0 saturated carbocycles. The van der Waals surface area contributed by atoms with Crippen molar-refractivity contribution < 1.29 is 176 Å². The van der Waals surface area contributed by atoms with Crippen molar-refractivity contribution in [2.45, 2.75) is 187 Å².